The van der Waals surface area contributed by atoms with Crippen LogP contribution in [0.4, 0.5) is 0 Å². The summed E-state index contributed by atoms with van der Waals surface area (Å²) in [4.78, 5) is 26.2. The molecule has 0 aromatic carbocycles. The van der Waals surface area contributed by atoms with Crippen LogP contribution < -0.4 is 5.32 Å². The van der Waals surface area contributed by atoms with Crippen molar-refractivity contribution in [3.05, 3.63) is 97.2 Å². The maximum atomic E-state index is 13.3. The Morgan fingerprint density at radius 3 is 1.25 bits per heavy atom. The Morgan fingerprint density at radius 1 is 0.448 bits per heavy atom. The van der Waals surface area contributed by atoms with Crippen LogP contribution in [0.5, 0.6) is 0 Å². The number of esters is 1. The third-order valence-corrected chi connectivity index (χ3v) is 12.2. The van der Waals surface area contributed by atoms with Gasteiger partial charge in [-0.3, -0.25) is 9.59 Å². The number of unbranched alkanes of at least 4 members (excludes halogenated alkanes) is 21. The van der Waals surface area contributed by atoms with Crippen LogP contribution >= 0.6 is 0 Å². The number of amides is 1. The molecule has 3 unspecified atom stereocenters. The van der Waals surface area contributed by atoms with Crippen LogP contribution in [0.1, 0.15) is 252 Å². The molecular weight excluding hydrogens is 827 g/mol. The van der Waals surface area contributed by atoms with Gasteiger partial charge in [0.2, 0.25) is 5.91 Å². The van der Waals surface area contributed by atoms with Crippen molar-refractivity contribution in [1.82, 2.24) is 5.32 Å². The van der Waals surface area contributed by atoms with Gasteiger partial charge in [-0.25, -0.2) is 0 Å². The molecule has 0 fully saturated rings. The zero-order valence-corrected chi connectivity index (χ0v) is 43.8. The quantitative estimate of drug-likeness (QED) is 0.0321. The van der Waals surface area contributed by atoms with E-state index in [1.54, 1.807) is 0 Å². The normalized spacial score (nSPS) is 13.9. The molecule has 0 aliphatic heterocycles. The van der Waals surface area contributed by atoms with Crippen molar-refractivity contribution in [2.45, 2.75) is 270 Å². The second-order valence-corrected chi connectivity index (χ2v) is 18.6. The fourth-order valence-corrected chi connectivity index (χ4v) is 7.96. The zero-order chi connectivity index (χ0) is 48.8. The van der Waals surface area contributed by atoms with Crippen LogP contribution in [0.3, 0.4) is 0 Å². The van der Waals surface area contributed by atoms with E-state index in [0.29, 0.717) is 19.3 Å². The minimum atomic E-state index is -0.812. The molecule has 0 radical (unpaired) electrons. The first-order valence-electron chi connectivity index (χ1n) is 28.0. The molecule has 0 rings (SSSR count). The second-order valence-electron chi connectivity index (χ2n) is 18.6. The van der Waals surface area contributed by atoms with Gasteiger partial charge in [-0.2, -0.15) is 0 Å². The highest BCUT2D eigenvalue weighted by Crippen LogP contribution is 2.17. The zero-order valence-electron chi connectivity index (χ0n) is 43.8. The smallest absolute Gasteiger partial charge is 0.306 e. The van der Waals surface area contributed by atoms with Crippen molar-refractivity contribution in [1.29, 1.82) is 0 Å². The first kappa shape index (κ1) is 63.8. The van der Waals surface area contributed by atoms with Crippen molar-refractivity contribution in [2.75, 3.05) is 6.61 Å². The molecule has 3 N–H and O–H groups in total. The second kappa shape index (κ2) is 53.7. The lowest BCUT2D eigenvalue weighted by atomic mass is 10.0. The summed E-state index contributed by atoms with van der Waals surface area (Å²) in [6.07, 6.45) is 71.9. The summed E-state index contributed by atoms with van der Waals surface area (Å²) < 4.78 is 5.90. The standard InChI is InChI=1S/C61H105NO5/c1-4-7-10-13-16-19-22-25-28-30-32-34-37-40-43-46-49-52-57(67-61(66)54-51-48-45-42-39-36-33-29-26-23-20-17-14-11-8-5-2)55-60(65)62-58(56-63)59(64)53-50-47-44-41-38-35-31-27-24-21-18-15-12-9-6-3/h8,11,16-17,19-20,25-26,28-29,32,34,36,39,45,48,57-59,63-64H,4-7,9-10,12-15,18,21-24,27,30-31,33,35,37-38,40-44,46-47,49-56H2,1-3H3,(H,62,65)/b11-8+,19-16-,20-17+,28-25-,29-26+,34-32-,39-36+,48-45+. The van der Waals surface area contributed by atoms with Crippen LogP contribution in [-0.4, -0.2) is 46.9 Å². The molecule has 6 heteroatoms. The summed E-state index contributed by atoms with van der Waals surface area (Å²) >= 11 is 0. The van der Waals surface area contributed by atoms with Crippen molar-refractivity contribution in [3.8, 4) is 0 Å². The van der Waals surface area contributed by atoms with Crippen LogP contribution in [0.25, 0.3) is 0 Å². The lowest BCUT2D eigenvalue weighted by Crippen LogP contribution is -2.46. The summed E-state index contributed by atoms with van der Waals surface area (Å²) in [5, 5.41) is 23.8. The largest absolute Gasteiger partial charge is 0.462 e. The number of aliphatic hydroxyl groups is 2. The third-order valence-electron chi connectivity index (χ3n) is 12.2. The molecule has 3 atom stereocenters. The van der Waals surface area contributed by atoms with E-state index in [-0.39, 0.29) is 31.3 Å². The molecule has 0 heterocycles. The lowest BCUT2D eigenvalue weighted by molar-refractivity contribution is -0.150. The molecule has 0 aromatic heterocycles. The monoisotopic (exact) mass is 932 g/mol. The van der Waals surface area contributed by atoms with E-state index in [0.717, 1.165) is 96.3 Å². The van der Waals surface area contributed by atoms with E-state index in [2.05, 4.69) is 117 Å². The Hall–Kier alpha value is -3.22. The minimum absolute atomic E-state index is 0.0283. The van der Waals surface area contributed by atoms with Gasteiger partial charge in [0.1, 0.15) is 6.10 Å². The first-order chi connectivity index (χ1) is 33.0. The topological polar surface area (TPSA) is 95.9 Å². The highest BCUT2D eigenvalue weighted by Gasteiger charge is 2.24. The summed E-state index contributed by atoms with van der Waals surface area (Å²) in [5.74, 6) is -0.597. The maximum absolute atomic E-state index is 13.3. The Kier molecular flexibility index (Phi) is 51.1. The Morgan fingerprint density at radius 2 is 0.806 bits per heavy atom. The number of rotatable bonds is 49. The van der Waals surface area contributed by atoms with Crippen molar-refractivity contribution < 1.29 is 24.5 Å². The first-order valence-corrected chi connectivity index (χ1v) is 28.0. The number of ether oxygens (including phenoxy) is 1. The van der Waals surface area contributed by atoms with E-state index in [4.69, 9.17) is 4.74 Å². The molecule has 6 nitrogen and oxygen atoms in total. The van der Waals surface area contributed by atoms with Gasteiger partial charge in [0.15, 0.2) is 0 Å². The molecule has 0 bridgehead atoms. The molecule has 0 aliphatic rings. The summed E-state index contributed by atoms with van der Waals surface area (Å²) in [5.41, 5.74) is 0. The Balaban J connectivity index is 4.74. The predicted molar refractivity (Wildman–Crippen MR) is 291 cm³/mol. The molecule has 0 aliphatic carbocycles. The average molecular weight is 933 g/mol. The average Bonchev–Trinajstić information content (AvgIpc) is 3.32. The minimum Gasteiger partial charge on any atom is -0.462 e. The number of hydrogen-bond donors (Lipinski definition) is 3. The van der Waals surface area contributed by atoms with Gasteiger partial charge in [0.25, 0.3) is 0 Å². The number of carbonyl (C=O) groups is 2. The number of aliphatic hydroxyl groups excluding tert-OH is 2. The summed E-state index contributed by atoms with van der Waals surface area (Å²) in [6.45, 7) is 6.33. The van der Waals surface area contributed by atoms with Crippen LogP contribution in [-0.2, 0) is 14.3 Å². The Labute approximate surface area is 414 Å². The van der Waals surface area contributed by atoms with E-state index in [1.807, 2.05) is 6.08 Å². The summed E-state index contributed by atoms with van der Waals surface area (Å²) in [7, 11) is 0. The lowest BCUT2D eigenvalue weighted by Gasteiger charge is -2.24. The van der Waals surface area contributed by atoms with Crippen LogP contribution in [0, 0.1) is 0 Å². The van der Waals surface area contributed by atoms with Crippen LogP contribution in [0.2, 0.25) is 0 Å². The van der Waals surface area contributed by atoms with E-state index in [1.165, 1.54) is 103 Å². The highest BCUT2D eigenvalue weighted by atomic mass is 16.5. The van der Waals surface area contributed by atoms with Gasteiger partial charge in [-0.15, -0.1) is 0 Å². The molecule has 0 aromatic rings. The van der Waals surface area contributed by atoms with Gasteiger partial charge in [-0.1, -0.05) is 240 Å². The van der Waals surface area contributed by atoms with E-state index < -0.39 is 18.2 Å². The number of nitrogens with one attached hydrogen (secondary N) is 1. The number of allylic oxidation sites excluding steroid dienone is 16. The molecule has 0 saturated heterocycles. The third kappa shape index (κ3) is 49.0. The predicted octanol–water partition coefficient (Wildman–Crippen LogP) is 17.3. The molecule has 67 heavy (non-hydrogen) atoms. The van der Waals surface area contributed by atoms with Gasteiger partial charge < -0.3 is 20.3 Å². The molecule has 1 amide bonds. The number of hydrogen-bond acceptors (Lipinski definition) is 5. The molecular formula is C61H105NO5. The molecule has 0 saturated carbocycles. The fraction of sp³-hybridized carbons (Fsp3) is 0.705. The van der Waals surface area contributed by atoms with Gasteiger partial charge in [-0.05, 0) is 96.3 Å². The molecule has 384 valence electrons. The highest BCUT2D eigenvalue weighted by molar-refractivity contribution is 5.77. The van der Waals surface area contributed by atoms with Crippen LogP contribution in [0.15, 0.2) is 97.2 Å². The van der Waals surface area contributed by atoms with Gasteiger partial charge >= 0.3 is 5.97 Å². The Bertz CT molecular complexity index is 1320. The van der Waals surface area contributed by atoms with E-state index in [9.17, 15) is 19.8 Å². The van der Waals surface area contributed by atoms with Gasteiger partial charge in [0.05, 0.1) is 25.2 Å². The fourth-order valence-electron chi connectivity index (χ4n) is 7.96. The van der Waals surface area contributed by atoms with Crippen molar-refractivity contribution >= 4 is 11.9 Å². The maximum Gasteiger partial charge on any atom is 0.306 e. The SMILES string of the molecule is CC/C=C/C/C=C/C/C=C/C/C=C/C/C=C/CCC(=O)OC(CCCCCC/C=C\C/C=C\C/C=C\CCCCC)CC(=O)NC(CO)C(O)CCCCCCCCCCCCCCCCC. The number of carbonyl (C=O) groups excluding carboxylic acids is 2. The van der Waals surface area contributed by atoms with Gasteiger partial charge in [0, 0.05) is 6.42 Å². The van der Waals surface area contributed by atoms with E-state index >= 15 is 0 Å². The van der Waals surface area contributed by atoms with Crippen molar-refractivity contribution in [3.63, 3.8) is 0 Å². The summed E-state index contributed by atoms with van der Waals surface area (Å²) in [6, 6.07) is -0.730. The van der Waals surface area contributed by atoms with Crippen molar-refractivity contribution in [2.24, 2.45) is 0 Å². The molecule has 0 spiro atoms.